The van der Waals surface area contributed by atoms with Crippen LogP contribution in [0.15, 0.2) is 10.9 Å². The minimum atomic E-state index is -0.106. The van der Waals surface area contributed by atoms with E-state index in [1.807, 2.05) is 10.9 Å². The molecular formula is C11H18N4OS. The Hall–Kier alpha value is -0.980. The van der Waals surface area contributed by atoms with Crippen molar-refractivity contribution in [1.82, 2.24) is 20.5 Å². The maximum atomic E-state index is 11.8. The Balaban J connectivity index is 2.13. The maximum Gasteiger partial charge on any atom is 0.238 e. The van der Waals surface area contributed by atoms with E-state index in [1.165, 1.54) is 0 Å². The van der Waals surface area contributed by atoms with Gasteiger partial charge in [-0.1, -0.05) is 0 Å². The van der Waals surface area contributed by atoms with Crippen molar-refractivity contribution >= 4 is 17.2 Å². The van der Waals surface area contributed by atoms with Gasteiger partial charge in [0.25, 0.3) is 0 Å². The molecule has 1 aliphatic heterocycles. The second-order valence-corrected chi connectivity index (χ2v) is 4.88. The molecule has 0 radical (unpaired) electrons. The minimum Gasteiger partial charge on any atom is -0.358 e. The second-order valence-electron chi connectivity index (χ2n) is 4.16. The lowest BCUT2D eigenvalue weighted by molar-refractivity contribution is -0.127. The van der Waals surface area contributed by atoms with E-state index < -0.39 is 0 Å². The topological polar surface area (TPSA) is 57.3 Å². The third-order valence-corrected chi connectivity index (χ3v) is 3.82. The van der Waals surface area contributed by atoms with Crippen molar-refractivity contribution in [3.8, 4) is 0 Å². The zero-order chi connectivity index (χ0) is 12.3. The first kappa shape index (κ1) is 12.5. The lowest BCUT2D eigenvalue weighted by atomic mass is 10.1. The summed E-state index contributed by atoms with van der Waals surface area (Å²) in [5, 5.41) is 8.04. The van der Waals surface area contributed by atoms with Gasteiger partial charge in [-0.25, -0.2) is 4.98 Å². The van der Waals surface area contributed by atoms with Crippen molar-refractivity contribution in [3.05, 3.63) is 16.6 Å². The van der Waals surface area contributed by atoms with Crippen molar-refractivity contribution < 1.29 is 4.79 Å². The first-order valence-electron chi connectivity index (χ1n) is 5.80. The third kappa shape index (κ3) is 2.65. The molecule has 0 spiro atoms. The Morgan fingerprint density at radius 1 is 1.76 bits per heavy atom. The number of carbonyl (C=O) groups excluding carboxylic acids is 1. The minimum absolute atomic E-state index is 0.0688. The molecule has 1 saturated heterocycles. The van der Waals surface area contributed by atoms with Crippen LogP contribution in [0.4, 0.5) is 0 Å². The fourth-order valence-corrected chi connectivity index (χ4v) is 2.83. The summed E-state index contributed by atoms with van der Waals surface area (Å²) in [5.41, 5.74) is 2.88. The third-order valence-electron chi connectivity index (χ3n) is 3.21. The monoisotopic (exact) mass is 254 g/mol. The van der Waals surface area contributed by atoms with E-state index in [0.29, 0.717) is 6.54 Å². The molecule has 0 aliphatic carbocycles. The molecule has 0 saturated carbocycles. The number of hydrogen-bond acceptors (Lipinski definition) is 5. The molecule has 0 aromatic carbocycles. The van der Waals surface area contributed by atoms with E-state index in [0.717, 1.165) is 18.8 Å². The molecule has 2 unspecified atom stereocenters. The molecule has 2 atom stereocenters. The first-order chi connectivity index (χ1) is 8.24. The number of thiazole rings is 1. The molecular weight excluding hydrogens is 236 g/mol. The van der Waals surface area contributed by atoms with Gasteiger partial charge < -0.3 is 10.6 Å². The molecule has 6 heteroatoms. The molecule has 1 amide bonds. The Kier molecular flexibility index (Phi) is 4.09. The van der Waals surface area contributed by atoms with Crippen molar-refractivity contribution in [3.63, 3.8) is 0 Å². The van der Waals surface area contributed by atoms with Crippen LogP contribution in [0.5, 0.6) is 0 Å². The number of hydrogen-bond donors (Lipinski definition) is 2. The van der Waals surface area contributed by atoms with E-state index in [4.69, 9.17) is 0 Å². The lowest BCUT2D eigenvalue weighted by Crippen LogP contribution is -2.57. The van der Waals surface area contributed by atoms with E-state index in [9.17, 15) is 4.79 Å². The number of aromatic nitrogens is 1. The van der Waals surface area contributed by atoms with E-state index >= 15 is 0 Å². The van der Waals surface area contributed by atoms with Crippen molar-refractivity contribution in [2.24, 2.45) is 0 Å². The zero-order valence-electron chi connectivity index (χ0n) is 10.1. The summed E-state index contributed by atoms with van der Waals surface area (Å²) < 4.78 is 0. The quantitative estimate of drug-likeness (QED) is 0.810. The van der Waals surface area contributed by atoms with Gasteiger partial charge >= 0.3 is 0 Å². The largest absolute Gasteiger partial charge is 0.358 e. The highest BCUT2D eigenvalue weighted by molar-refractivity contribution is 7.07. The molecule has 2 heterocycles. The summed E-state index contributed by atoms with van der Waals surface area (Å²) in [5.74, 6) is 0.0688. The molecule has 17 heavy (non-hydrogen) atoms. The number of amides is 1. The van der Waals surface area contributed by atoms with E-state index in [1.54, 1.807) is 18.4 Å². The number of likely N-dealkylation sites (N-methyl/N-ethyl adjacent to an activating group) is 1. The van der Waals surface area contributed by atoms with Gasteiger partial charge in [-0.3, -0.25) is 9.69 Å². The number of carbonyl (C=O) groups is 1. The standard InChI is InChI=1S/C11H18N4OS/c1-8(9-6-17-7-14-9)15-4-3-13-5-10(15)11(16)12-2/h6-8,10,13H,3-5H2,1-2H3,(H,12,16). The van der Waals surface area contributed by atoms with Gasteiger partial charge in [0.05, 0.1) is 17.2 Å². The fraction of sp³-hybridized carbons (Fsp3) is 0.636. The van der Waals surface area contributed by atoms with Gasteiger partial charge in [-0.05, 0) is 6.92 Å². The molecule has 94 valence electrons. The van der Waals surface area contributed by atoms with Crippen molar-refractivity contribution in [2.75, 3.05) is 26.7 Å². The van der Waals surface area contributed by atoms with Crippen LogP contribution in [-0.4, -0.2) is 48.5 Å². The number of rotatable bonds is 3. The van der Waals surface area contributed by atoms with Crippen LogP contribution in [-0.2, 0) is 4.79 Å². The smallest absolute Gasteiger partial charge is 0.238 e. The molecule has 0 bridgehead atoms. The SMILES string of the molecule is CNC(=O)C1CNCCN1C(C)c1cscn1. The van der Waals surface area contributed by atoms with Gasteiger partial charge in [-0.2, -0.15) is 0 Å². The van der Waals surface area contributed by atoms with Crippen molar-refractivity contribution in [1.29, 1.82) is 0 Å². The van der Waals surface area contributed by atoms with Gasteiger partial charge in [0.2, 0.25) is 5.91 Å². The molecule has 1 aromatic rings. The van der Waals surface area contributed by atoms with Crippen LogP contribution in [0.3, 0.4) is 0 Å². The number of nitrogens with zero attached hydrogens (tertiary/aromatic N) is 2. The lowest BCUT2D eigenvalue weighted by Gasteiger charge is -2.38. The second kappa shape index (κ2) is 5.57. The summed E-state index contributed by atoms with van der Waals surface area (Å²) in [6.45, 7) is 4.60. The van der Waals surface area contributed by atoms with Crippen molar-refractivity contribution in [2.45, 2.75) is 19.0 Å². The predicted octanol–water partition coefficient (Wildman–Crippen LogP) is 0.224. The van der Waals surface area contributed by atoms with Crippen LogP contribution >= 0.6 is 11.3 Å². The van der Waals surface area contributed by atoms with Gasteiger partial charge in [-0.15, -0.1) is 11.3 Å². The summed E-state index contributed by atoms with van der Waals surface area (Å²) in [7, 11) is 1.68. The molecule has 1 aliphatic rings. The molecule has 2 rings (SSSR count). The highest BCUT2D eigenvalue weighted by Crippen LogP contribution is 2.23. The van der Waals surface area contributed by atoms with Crippen LogP contribution < -0.4 is 10.6 Å². The Morgan fingerprint density at radius 3 is 3.24 bits per heavy atom. The Labute approximate surface area is 105 Å². The summed E-state index contributed by atoms with van der Waals surface area (Å²) in [6.07, 6.45) is 0. The Morgan fingerprint density at radius 2 is 2.59 bits per heavy atom. The molecule has 1 fully saturated rings. The molecule has 2 N–H and O–H groups in total. The van der Waals surface area contributed by atoms with Crippen LogP contribution in [0.1, 0.15) is 18.7 Å². The van der Waals surface area contributed by atoms with Crippen LogP contribution in [0.2, 0.25) is 0 Å². The van der Waals surface area contributed by atoms with Crippen LogP contribution in [0, 0.1) is 0 Å². The van der Waals surface area contributed by atoms with E-state index in [2.05, 4.69) is 27.4 Å². The van der Waals surface area contributed by atoms with Crippen LogP contribution in [0.25, 0.3) is 0 Å². The average Bonchev–Trinajstić information content (AvgIpc) is 2.91. The van der Waals surface area contributed by atoms with Gasteiger partial charge in [0.1, 0.15) is 6.04 Å². The fourth-order valence-electron chi connectivity index (χ4n) is 2.19. The van der Waals surface area contributed by atoms with Gasteiger partial charge in [0.15, 0.2) is 0 Å². The maximum absolute atomic E-state index is 11.8. The van der Waals surface area contributed by atoms with E-state index in [-0.39, 0.29) is 18.0 Å². The summed E-state index contributed by atoms with van der Waals surface area (Å²) >= 11 is 1.59. The normalized spacial score (nSPS) is 23.3. The highest BCUT2D eigenvalue weighted by atomic mass is 32.1. The Bertz CT molecular complexity index is 368. The number of piperazine rings is 1. The number of nitrogens with one attached hydrogen (secondary N) is 2. The predicted molar refractivity (Wildman–Crippen MR) is 68.0 cm³/mol. The molecule has 1 aromatic heterocycles. The molecule has 5 nitrogen and oxygen atoms in total. The first-order valence-corrected chi connectivity index (χ1v) is 6.74. The highest BCUT2D eigenvalue weighted by Gasteiger charge is 2.32. The van der Waals surface area contributed by atoms with Gasteiger partial charge in [0, 0.05) is 32.1 Å². The zero-order valence-corrected chi connectivity index (χ0v) is 11.0. The summed E-state index contributed by atoms with van der Waals surface area (Å²) in [4.78, 5) is 18.4. The average molecular weight is 254 g/mol. The summed E-state index contributed by atoms with van der Waals surface area (Å²) in [6, 6.07) is 0.0797.